The van der Waals surface area contributed by atoms with Crippen LogP contribution < -0.4 is 10.5 Å². The van der Waals surface area contributed by atoms with Crippen molar-refractivity contribution >= 4 is 16.7 Å². The van der Waals surface area contributed by atoms with E-state index in [1.165, 1.54) is 6.20 Å². The van der Waals surface area contributed by atoms with Crippen LogP contribution in [-0.2, 0) is 0 Å². The molecule has 1 aliphatic heterocycles. The molecule has 1 fully saturated rings. The zero-order valence-corrected chi connectivity index (χ0v) is 14.5. The molecule has 3 heterocycles. The molecule has 26 heavy (non-hydrogen) atoms. The number of hydrogen-bond acceptors (Lipinski definition) is 6. The second kappa shape index (κ2) is 6.84. The molecule has 0 spiro atoms. The fourth-order valence-corrected chi connectivity index (χ4v) is 3.28. The molecule has 0 bridgehead atoms. The van der Waals surface area contributed by atoms with Crippen LogP contribution in [0, 0.1) is 5.82 Å². The van der Waals surface area contributed by atoms with E-state index in [1.54, 1.807) is 12.1 Å². The summed E-state index contributed by atoms with van der Waals surface area (Å²) in [5.41, 5.74) is 7.02. The van der Waals surface area contributed by atoms with Gasteiger partial charge in [-0.2, -0.15) is 9.97 Å². The predicted octanol–water partition coefficient (Wildman–Crippen LogP) is 2.89. The molecule has 2 N–H and O–H groups in total. The summed E-state index contributed by atoms with van der Waals surface area (Å²) in [6.45, 7) is 1.51. The van der Waals surface area contributed by atoms with Crippen molar-refractivity contribution in [3.8, 4) is 17.3 Å². The van der Waals surface area contributed by atoms with Crippen LogP contribution in [0.5, 0.6) is 6.01 Å². The van der Waals surface area contributed by atoms with Gasteiger partial charge >= 0.3 is 6.01 Å². The molecular formula is C19H20FN5O. The number of aromatic nitrogens is 3. The summed E-state index contributed by atoms with van der Waals surface area (Å²) in [5.74, 6) is -0.360. The Balaban J connectivity index is 1.69. The number of nitrogens with zero attached hydrogens (tertiary/aromatic N) is 4. The topological polar surface area (TPSA) is 77.2 Å². The Morgan fingerprint density at radius 3 is 2.81 bits per heavy atom. The summed E-state index contributed by atoms with van der Waals surface area (Å²) in [7, 11) is 2.06. The van der Waals surface area contributed by atoms with Crippen LogP contribution in [0.15, 0.2) is 36.5 Å². The van der Waals surface area contributed by atoms with Gasteiger partial charge in [0, 0.05) is 17.8 Å². The van der Waals surface area contributed by atoms with Gasteiger partial charge in [-0.3, -0.25) is 4.98 Å². The number of pyridine rings is 1. The molecule has 0 amide bonds. The van der Waals surface area contributed by atoms with Crippen LogP contribution in [0.3, 0.4) is 0 Å². The SMILES string of the molecule is CN1CCC[C@H]1COc1nc(N)c2cnc(-c3ccccc3)c(F)c2n1. The molecule has 6 nitrogen and oxygen atoms in total. The normalized spacial score (nSPS) is 17.7. The van der Waals surface area contributed by atoms with E-state index in [0.717, 1.165) is 19.4 Å². The molecule has 3 aromatic rings. The fourth-order valence-electron chi connectivity index (χ4n) is 3.28. The molecule has 0 aliphatic carbocycles. The summed E-state index contributed by atoms with van der Waals surface area (Å²) in [4.78, 5) is 14.9. The monoisotopic (exact) mass is 353 g/mol. The van der Waals surface area contributed by atoms with Crippen molar-refractivity contribution in [3.63, 3.8) is 0 Å². The number of likely N-dealkylation sites (tertiary alicyclic amines) is 1. The third-order valence-corrected chi connectivity index (χ3v) is 4.82. The highest BCUT2D eigenvalue weighted by molar-refractivity contribution is 5.90. The van der Waals surface area contributed by atoms with Crippen LogP contribution in [-0.4, -0.2) is 46.1 Å². The average molecular weight is 353 g/mol. The lowest BCUT2D eigenvalue weighted by atomic mass is 10.1. The Hall–Kier alpha value is -2.80. The average Bonchev–Trinajstić information content (AvgIpc) is 3.06. The highest BCUT2D eigenvalue weighted by Crippen LogP contribution is 2.29. The molecular weight excluding hydrogens is 333 g/mol. The van der Waals surface area contributed by atoms with Gasteiger partial charge in [0.15, 0.2) is 5.82 Å². The minimum Gasteiger partial charge on any atom is -0.462 e. The van der Waals surface area contributed by atoms with E-state index < -0.39 is 5.82 Å². The maximum atomic E-state index is 15.0. The Kier molecular flexibility index (Phi) is 4.38. The molecule has 4 rings (SSSR count). The third kappa shape index (κ3) is 3.06. The number of fused-ring (bicyclic) bond motifs is 1. The van der Waals surface area contributed by atoms with Crippen LogP contribution in [0.1, 0.15) is 12.8 Å². The molecule has 1 atom stereocenters. The summed E-state index contributed by atoms with van der Waals surface area (Å²) in [5, 5.41) is 0.382. The quantitative estimate of drug-likeness (QED) is 0.777. The van der Waals surface area contributed by atoms with E-state index >= 15 is 4.39 Å². The largest absolute Gasteiger partial charge is 0.462 e. The lowest BCUT2D eigenvalue weighted by Gasteiger charge is -2.19. The van der Waals surface area contributed by atoms with Crippen molar-refractivity contribution in [2.75, 3.05) is 25.9 Å². The van der Waals surface area contributed by atoms with Gasteiger partial charge in [-0.15, -0.1) is 0 Å². The van der Waals surface area contributed by atoms with Crippen molar-refractivity contribution in [3.05, 3.63) is 42.3 Å². The van der Waals surface area contributed by atoms with Gasteiger partial charge in [0.2, 0.25) is 0 Å². The van der Waals surface area contributed by atoms with E-state index in [9.17, 15) is 0 Å². The molecule has 0 radical (unpaired) electrons. The van der Waals surface area contributed by atoms with Crippen molar-refractivity contribution in [1.29, 1.82) is 0 Å². The fraction of sp³-hybridized carbons (Fsp3) is 0.316. The first-order chi connectivity index (χ1) is 12.6. The zero-order valence-electron chi connectivity index (χ0n) is 14.5. The van der Waals surface area contributed by atoms with Gasteiger partial charge in [0.05, 0.1) is 5.39 Å². The summed E-state index contributed by atoms with van der Waals surface area (Å²) in [6.07, 6.45) is 3.71. The van der Waals surface area contributed by atoms with Gasteiger partial charge in [-0.25, -0.2) is 4.39 Å². The van der Waals surface area contributed by atoms with E-state index in [4.69, 9.17) is 10.5 Å². The van der Waals surface area contributed by atoms with Crippen LogP contribution >= 0.6 is 0 Å². The maximum absolute atomic E-state index is 15.0. The maximum Gasteiger partial charge on any atom is 0.319 e. The first-order valence-electron chi connectivity index (χ1n) is 8.63. The van der Waals surface area contributed by atoms with Gasteiger partial charge in [0.25, 0.3) is 0 Å². The molecule has 0 saturated carbocycles. The number of likely N-dealkylation sites (N-methyl/N-ethyl adjacent to an activating group) is 1. The summed E-state index contributed by atoms with van der Waals surface area (Å²) in [6, 6.07) is 9.55. The van der Waals surface area contributed by atoms with E-state index in [2.05, 4.69) is 26.9 Å². The lowest BCUT2D eigenvalue weighted by Crippen LogP contribution is -2.30. The zero-order chi connectivity index (χ0) is 18.1. The Labute approximate surface area is 150 Å². The van der Waals surface area contributed by atoms with Gasteiger partial charge in [-0.05, 0) is 26.4 Å². The Morgan fingerprint density at radius 1 is 1.27 bits per heavy atom. The van der Waals surface area contributed by atoms with Crippen molar-refractivity contribution < 1.29 is 9.13 Å². The highest BCUT2D eigenvalue weighted by atomic mass is 19.1. The van der Waals surface area contributed by atoms with Crippen molar-refractivity contribution in [2.24, 2.45) is 0 Å². The summed E-state index contributed by atoms with van der Waals surface area (Å²) >= 11 is 0. The Bertz CT molecular complexity index is 934. The minimum absolute atomic E-state index is 0.0967. The second-order valence-electron chi connectivity index (χ2n) is 6.53. The van der Waals surface area contributed by atoms with E-state index in [-0.39, 0.29) is 23.0 Å². The number of benzene rings is 1. The van der Waals surface area contributed by atoms with E-state index in [0.29, 0.717) is 23.6 Å². The number of nitrogen functional groups attached to an aromatic ring is 1. The number of nitrogens with two attached hydrogens (primary N) is 1. The predicted molar refractivity (Wildman–Crippen MR) is 98.3 cm³/mol. The number of hydrogen-bond donors (Lipinski definition) is 1. The molecule has 1 aliphatic rings. The second-order valence-corrected chi connectivity index (χ2v) is 6.53. The smallest absolute Gasteiger partial charge is 0.319 e. The number of ether oxygens (including phenoxy) is 1. The third-order valence-electron chi connectivity index (χ3n) is 4.82. The first kappa shape index (κ1) is 16.7. The summed E-state index contributed by atoms with van der Waals surface area (Å²) < 4.78 is 20.8. The molecule has 7 heteroatoms. The molecule has 2 aromatic heterocycles. The Morgan fingerprint density at radius 2 is 2.08 bits per heavy atom. The standard InChI is InChI=1S/C19H20FN5O/c1-25-9-5-8-13(25)11-26-19-23-17-14(18(21)24-19)10-22-16(15(17)20)12-6-3-2-4-7-12/h2-4,6-7,10,13H,5,8-9,11H2,1H3,(H2,21,23,24)/t13-/m0/s1. The first-order valence-corrected chi connectivity index (χ1v) is 8.63. The van der Waals surface area contributed by atoms with Crippen molar-refractivity contribution in [2.45, 2.75) is 18.9 Å². The van der Waals surface area contributed by atoms with Crippen LogP contribution in [0.25, 0.3) is 22.2 Å². The number of rotatable bonds is 4. The van der Waals surface area contributed by atoms with Crippen LogP contribution in [0.4, 0.5) is 10.2 Å². The molecule has 0 unspecified atom stereocenters. The lowest BCUT2D eigenvalue weighted by molar-refractivity contribution is 0.188. The minimum atomic E-state index is -0.523. The van der Waals surface area contributed by atoms with Gasteiger partial charge in [0.1, 0.15) is 23.6 Å². The van der Waals surface area contributed by atoms with Crippen LogP contribution in [0.2, 0.25) is 0 Å². The molecule has 1 saturated heterocycles. The molecule has 1 aromatic carbocycles. The number of halogens is 1. The van der Waals surface area contributed by atoms with Gasteiger partial charge < -0.3 is 15.4 Å². The van der Waals surface area contributed by atoms with E-state index in [1.807, 2.05) is 18.2 Å². The highest BCUT2D eigenvalue weighted by Gasteiger charge is 2.22. The molecule has 134 valence electrons. The number of anilines is 1. The van der Waals surface area contributed by atoms with Gasteiger partial charge in [-0.1, -0.05) is 30.3 Å². The van der Waals surface area contributed by atoms with Crippen molar-refractivity contribution in [1.82, 2.24) is 19.9 Å².